The molecule has 0 saturated carbocycles. The smallest absolute Gasteiger partial charge is 0.0748 e. The van der Waals surface area contributed by atoms with Crippen molar-refractivity contribution in [3.05, 3.63) is 77.0 Å². The average molecular weight is 301 g/mol. The molecular weight excluding hydrogens is 280 g/mol. The zero-order valence-corrected chi connectivity index (χ0v) is 14.1. The molecule has 0 N–H and O–H groups in total. The van der Waals surface area contributed by atoms with E-state index in [0.29, 0.717) is 5.88 Å². The van der Waals surface area contributed by atoms with Crippen molar-refractivity contribution < 1.29 is 0 Å². The van der Waals surface area contributed by atoms with Gasteiger partial charge in [-0.25, -0.2) is 0 Å². The fraction of sp³-hybridized carbons (Fsp3) is 0.222. The first-order chi connectivity index (χ1) is 9.54. The van der Waals surface area contributed by atoms with Gasteiger partial charge >= 0.3 is 0 Å². The van der Waals surface area contributed by atoms with E-state index in [0.717, 1.165) is 0 Å². The van der Waals surface area contributed by atoms with E-state index in [1.807, 2.05) is 0 Å². The van der Waals surface area contributed by atoms with Gasteiger partial charge < -0.3 is 0 Å². The summed E-state index contributed by atoms with van der Waals surface area (Å²) >= 11 is 6.32. The lowest BCUT2D eigenvalue weighted by Gasteiger charge is -2.24. The van der Waals surface area contributed by atoms with Crippen molar-refractivity contribution in [2.24, 2.45) is 0 Å². The number of allylic oxidation sites excluding steroid dienone is 1. The summed E-state index contributed by atoms with van der Waals surface area (Å²) in [5, 5.41) is 1.41. The van der Waals surface area contributed by atoms with Crippen molar-refractivity contribution in [2.75, 3.05) is 5.88 Å². The van der Waals surface area contributed by atoms with Crippen LogP contribution in [0.3, 0.4) is 0 Å². The van der Waals surface area contributed by atoms with Gasteiger partial charge in [-0.1, -0.05) is 85.5 Å². The van der Waals surface area contributed by atoms with E-state index >= 15 is 0 Å². The maximum absolute atomic E-state index is 6.32. The number of benzene rings is 2. The molecule has 0 aliphatic rings. The minimum atomic E-state index is -1.47. The summed E-state index contributed by atoms with van der Waals surface area (Å²) < 4.78 is 0. The molecule has 20 heavy (non-hydrogen) atoms. The Bertz CT molecular complexity index is 538. The SMILES string of the molecule is C[Si](C)(C)C(CCl)=C(c1ccccc1)c1ccccc1. The van der Waals surface area contributed by atoms with E-state index < -0.39 is 8.07 Å². The van der Waals surface area contributed by atoms with Gasteiger partial charge in [0.05, 0.1) is 8.07 Å². The largest absolute Gasteiger partial charge is 0.122 e. The van der Waals surface area contributed by atoms with E-state index in [1.54, 1.807) is 0 Å². The van der Waals surface area contributed by atoms with Crippen LogP contribution in [0.15, 0.2) is 65.9 Å². The van der Waals surface area contributed by atoms with Gasteiger partial charge in [0.1, 0.15) is 0 Å². The van der Waals surface area contributed by atoms with Crippen LogP contribution in [0.4, 0.5) is 0 Å². The molecule has 2 aromatic rings. The molecule has 0 saturated heterocycles. The lowest BCUT2D eigenvalue weighted by molar-refractivity contribution is 1.47. The predicted octanol–water partition coefficient (Wildman–Crippen LogP) is 5.60. The molecule has 0 bridgehead atoms. The van der Waals surface area contributed by atoms with Gasteiger partial charge in [-0.05, 0) is 16.7 Å². The molecule has 0 atom stereocenters. The van der Waals surface area contributed by atoms with Gasteiger partial charge in [0.15, 0.2) is 0 Å². The zero-order valence-electron chi connectivity index (χ0n) is 12.4. The second-order valence-corrected chi connectivity index (χ2v) is 11.3. The van der Waals surface area contributed by atoms with Gasteiger partial charge in [-0.15, -0.1) is 11.6 Å². The van der Waals surface area contributed by atoms with E-state index in [2.05, 4.69) is 80.3 Å². The lowest BCUT2D eigenvalue weighted by atomic mass is 9.98. The van der Waals surface area contributed by atoms with E-state index in [9.17, 15) is 0 Å². The van der Waals surface area contributed by atoms with Gasteiger partial charge in [0.25, 0.3) is 0 Å². The molecule has 2 rings (SSSR count). The molecule has 0 aromatic heterocycles. The molecule has 0 heterocycles. The van der Waals surface area contributed by atoms with E-state index in [4.69, 9.17) is 11.6 Å². The number of hydrogen-bond donors (Lipinski definition) is 0. The maximum atomic E-state index is 6.32. The van der Waals surface area contributed by atoms with Crippen LogP contribution in [0.5, 0.6) is 0 Å². The first kappa shape index (κ1) is 15.1. The molecule has 0 radical (unpaired) electrons. The third kappa shape index (κ3) is 3.41. The first-order valence-corrected chi connectivity index (χ1v) is 11.0. The normalized spacial score (nSPS) is 11.2. The van der Waals surface area contributed by atoms with Crippen LogP contribution >= 0.6 is 11.6 Å². The molecule has 2 heteroatoms. The van der Waals surface area contributed by atoms with E-state index in [-0.39, 0.29) is 0 Å². The minimum Gasteiger partial charge on any atom is -0.122 e. The average Bonchev–Trinajstić information content (AvgIpc) is 2.45. The van der Waals surface area contributed by atoms with Crippen LogP contribution in [0.25, 0.3) is 5.57 Å². The zero-order chi connectivity index (χ0) is 14.6. The molecular formula is C18H21ClSi. The lowest BCUT2D eigenvalue weighted by Crippen LogP contribution is -2.26. The molecule has 0 aliphatic heterocycles. The summed E-state index contributed by atoms with van der Waals surface area (Å²) in [6, 6.07) is 21.2. The Kier molecular flexibility index (Phi) is 4.85. The first-order valence-electron chi connectivity index (χ1n) is 6.94. The highest BCUT2D eigenvalue weighted by Crippen LogP contribution is 2.32. The summed E-state index contributed by atoms with van der Waals surface area (Å²) in [6.07, 6.45) is 0. The molecule has 104 valence electrons. The highest BCUT2D eigenvalue weighted by Gasteiger charge is 2.24. The third-order valence-corrected chi connectivity index (χ3v) is 6.19. The summed E-state index contributed by atoms with van der Waals surface area (Å²) in [7, 11) is -1.47. The predicted molar refractivity (Wildman–Crippen MR) is 93.0 cm³/mol. The summed E-state index contributed by atoms with van der Waals surface area (Å²) in [4.78, 5) is 0. The number of hydrogen-bond acceptors (Lipinski definition) is 0. The third-order valence-electron chi connectivity index (χ3n) is 3.47. The fourth-order valence-corrected chi connectivity index (χ4v) is 5.14. The van der Waals surface area contributed by atoms with Gasteiger partial charge in [-0.3, -0.25) is 0 Å². The Hall–Kier alpha value is -1.31. The molecule has 0 amide bonds. The minimum absolute atomic E-state index is 0.606. The standard InChI is InChI=1S/C18H21ClSi/c1-20(2,3)17(14-19)18(15-10-6-4-7-11-15)16-12-8-5-9-13-16/h4-13H,14H2,1-3H3. The Morgan fingerprint density at radius 2 is 1.20 bits per heavy atom. The number of alkyl halides is 1. The highest BCUT2D eigenvalue weighted by molar-refractivity contribution is 6.84. The molecule has 2 aromatic carbocycles. The molecule has 0 fully saturated rings. The number of halogens is 1. The fourth-order valence-electron chi connectivity index (χ4n) is 2.37. The summed E-state index contributed by atoms with van der Waals surface area (Å²) in [5.41, 5.74) is 3.84. The molecule has 0 aliphatic carbocycles. The molecule has 0 unspecified atom stereocenters. The number of rotatable bonds is 4. The van der Waals surface area contributed by atoms with Crippen LogP contribution < -0.4 is 0 Å². The van der Waals surface area contributed by atoms with Crippen LogP contribution in [0, 0.1) is 0 Å². The monoisotopic (exact) mass is 300 g/mol. The van der Waals surface area contributed by atoms with Crippen molar-refractivity contribution in [2.45, 2.75) is 19.6 Å². The van der Waals surface area contributed by atoms with Crippen molar-refractivity contribution in [3.63, 3.8) is 0 Å². The Balaban J connectivity index is 2.71. The maximum Gasteiger partial charge on any atom is 0.0748 e. The van der Waals surface area contributed by atoms with Crippen molar-refractivity contribution in [1.29, 1.82) is 0 Å². The quantitative estimate of drug-likeness (QED) is 0.509. The van der Waals surface area contributed by atoms with Crippen LogP contribution in [-0.2, 0) is 0 Å². The summed E-state index contributed by atoms with van der Waals surface area (Å²) in [6.45, 7) is 7.07. The van der Waals surface area contributed by atoms with Crippen molar-refractivity contribution in [3.8, 4) is 0 Å². The van der Waals surface area contributed by atoms with Crippen LogP contribution in [0.2, 0.25) is 19.6 Å². The van der Waals surface area contributed by atoms with E-state index in [1.165, 1.54) is 21.9 Å². The summed E-state index contributed by atoms with van der Waals surface area (Å²) in [5.74, 6) is 0.606. The molecule has 0 nitrogen and oxygen atoms in total. The van der Waals surface area contributed by atoms with Gasteiger partial charge in [-0.2, -0.15) is 0 Å². The van der Waals surface area contributed by atoms with Crippen molar-refractivity contribution >= 4 is 25.2 Å². The van der Waals surface area contributed by atoms with Crippen LogP contribution in [0.1, 0.15) is 11.1 Å². The second kappa shape index (κ2) is 6.42. The Labute approximate surface area is 128 Å². The molecule has 0 spiro atoms. The van der Waals surface area contributed by atoms with Gasteiger partial charge in [0.2, 0.25) is 0 Å². The Morgan fingerprint density at radius 3 is 1.50 bits per heavy atom. The Morgan fingerprint density at radius 1 is 0.800 bits per heavy atom. The van der Waals surface area contributed by atoms with Crippen LogP contribution in [-0.4, -0.2) is 14.0 Å². The topological polar surface area (TPSA) is 0 Å². The highest BCUT2D eigenvalue weighted by atomic mass is 35.5. The van der Waals surface area contributed by atoms with Gasteiger partial charge in [0, 0.05) is 5.88 Å². The van der Waals surface area contributed by atoms with Crippen molar-refractivity contribution in [1.82, 2.24) is 0 Å². The second-order valence-electron chi connectivity index (χ2n) is 5.97.